The van der Waals surface area contributed by atoms with Gasteiger partial charge in [0.2, 0.25) is 0 Å². The molecule has 1 aromatic heterocycles. The fraction of sp³-hybridized carbons (Fsp3) is 0.133. The van der Waals surface area contributed by atoms with E-state index in [0.717, 1.165) is 19.8 Å². The normalized spacial score (nSPS) is 11.2. The Balaban J connectivity index is 1.85. The highest BCUT2D eigenvalue weighted by molar-refractivity contribution is 9.10. The maximum absolute atomic E-state index is 12.7. The summed E-state index contributed by atoms with van der Waals surface area (Å²) in [5, 5.41) is 2.08. The second kappa shape index (κ2) is 5.81. The van der Waals surface area contributed by atoms with Gasteiger partial charge in [0, 0.05) is 12.4 Å². The highest BCUT2D eigenvalue weighted by atomic mass is 79.9. The number of benzene rings is 2. The molecule has 108 valence electrons. The summed E-state index contributed by atoms with van der Waals surface area (Å²) in [5.74, 6) is 0.780. The molecule has 0 fully saturated rings. The lowest BCUT2D eigenvalue weighted by Crippen LogP contribution is -2.07. The van der Waals surface area contributed by atoms with Crippen molar-refractivity contribution in [3.8, 4) is 5.75 Å². The number of hydrogen-bond acceptors (Lipinski definition) is 2. The van der Waals surface area contributed by atoms with Crippen LogP contribution in [0.3, 0.4) is 0 Å². The van der Waals surface area contributed by atoms with E-state index in [4.69, 9.17) is 4.74 Å². The summed E-state index contributed by atoms with van der Waals surface area (Å²) in [7, 11) is 0. The third-order valence-electron chi connectivity index (χ3n) is 3.14. The monoisotopic (exact) mass is 352 g/mol. The first kappa shape index (κ1) is 14.0. The largest absolute Gasteiger partial charge is 0.484 e. The van der Waals surface area contributed by atoms with Gasteiger partial charge in [-0.05, 0) is 32.8 Å². The van der Waals surface area contributed by atoms with Crippen LogP contribution in [0.2, 0.25) is 0 Å². The van der Waals surface area contributed by atoms with Crippen molar-refractivity contribution in [2.75, 3.05) is 0 Å². The van der Waals surface area contributed by atoms with Gasteiger partial charge in [0.25, 0.3) is 0 Å². The minimum atomic E-state index is -2.62. The second-order valence-electron chi connectivity index (χ2n) is 4.42. The average Bonchev–Trinajstić information content (AvgIpc) is 2.95. The molecule has 0 amide bonds. The van der Waals surface area contributed by atoms with Crippen LogP contribution in [0, 0.1) is 0 Å². The highest BCUT2D eigenvalue weighted by Gasteiger charge is 2.13. The predicted octanol–water partition coefficient (Wildman–Crippen LogP) is 4.77. The van der Waals surface area contributed by atoms with Gasteiger partial charge in [-0.3, -0.25) is 4.57 Å². The molecule has 6 heteroatoms. The van der Waals surface area contributed by atoms with Crippen molar-refractivity contribution in [2.45, 2.75) is 13.2 Å². The van der Waals surface area contributed by atoms with Gasteiger partial charge in [-0.1, -0.05) is 30.3 Å². The molecule has 0 spiro atoms. The number of hydrogen-bond donors (Lipinski definition) is 0. The van der Waals surface area contributed by atoms with E-state index in [0.29, 0.717) is 5.75 Å². The van der Waals surface area contributed by atoms with Crippen molar-refractivity contribution in [1.82, 2.24) is 9.55 Å². The molecule has 0 radical (unpaired) electrons. The molecule has 0 saturated heterocycles. The molecule has 0 atom stereocenters. The highest BCUT2D eigenvalue weighted by Crippen LogP contribution is 2.33. The Morgan fingerprint density at radius 2 is 2.00 bits per heavy atom. The first-order valence-electron chi connectivity index (χ1n) is 6.26. The molecular formula is C15H11BrF2N2O. The standard InChI is InChI=1S/C15H11BrF2N2O/c16-14-11-4-2-1-3-10(11)5-6-12(14)21-9-13-19-7-8-20(13)15(17)18/h1-8,15H,9H2. The Bertz CT molecular complexity index is 773. The van der Waals surface area contributed by atoms with Crippen molar-refractivity contribution in [2.24, 2.45) is 0 Å². The molecule has 0 saturated carbocycles. The van der Waals surface area contributed by atoms with Crippen LogP contribution in [0.25, 0.3) is 10.8 Å². The molecule has 3 rings (SSSR count). The molecule has 3 aromatic rings. The lowest BCUT2D eigenvalue weighted by atomic mass is 10.1. The number of halogens is 3. The third-order valence-corrected chi connectivity index (χ3v) is 3.96. The Morgan fingerprint density at radius 1 is 1.19 bits per heavy atom. The molecule has 2 aromatic carbocycles. The summed E-state index contributed by atoms with van der Waals surface area (Å²) < 4.78 is 32.7. The lowest BCUT2D eigenvalue weighted by Gasteiger charge is -2.11. The number of imidazole rings is 1. The Kier molecular flexibility index (Phi) is 3.88. The van der Waals surface area contributed by atoms with Crippen molar-refractivity contribution < 1.29 is 13.5 Å². The summed E-state index contributed by atoms with van der Waals surface area (Å²) in [5.41, 5.74) is 0. The van der Waals surface area contributed by atoms with E-state index >= 15 is 0 Å². The van der Waals surface area contributed by atoms with Crippen LogP contribution in [0.15, 0.2) is 53.3 Å². The minimum absolute atomic E-state index is 0.0196. The average molecular weight is 353 g/mol. The minimum Gasteiger partial charge on any atom is -0.484 e. The van der Waals surface area contributed by atoms with Gasteiger partial charge in [-0.25, -0.2) is 4.98 Å². The Labute approximate surface area is 128 Å². The van der Waals surface area contributed by atoms with Gasteiger partial charge >= 0.3 is 6.55 Å². The lowest BCUT2D eigenvalue weighted by molar-refractivity contribution is 0.0632. The van der Waals surface area contributed by atoms with Crippen LogP contribution in [0.1, 0.15) is 12.4 Å². The number of ether oxygens (including phenoxy) is 1. The van der Waals surface area contributed by atoms with E-state index < -0.39 is 6.55 Å². The number of alkyl halides is 2. The Morgan fingerprint density at radius 3 is 2.81 bits per heavy atom. The number of fused-ring (bicyclic) bond motifs is 1. The number of aromatic nitrogens is 2. The molecule has 3 nitrogen and oxygen atoms in total. The van der Waals surface area contributed by atoms with Gasteiger partial charge < -0.3 is 4.74 Å². The molecule has 0 bridgehead atoms. The first-order valence-corrected chi connectivity index (χ1v) is 7.06. The fourth-order valence-electron chi connectivity index (χ4n) is 2.10. The maximum atomic E-state index is 12.7. The quantitative estimate of drug-likeness (QED) is 0.675. The number of rotatable bonds is 4. The van der Waals surface area contributed by atoms with Crippen LogP contribution in [-0.4, -0.2) is 9.55 Å². The summed E-state index contributed by atoms with van der Waals surface area (Å²) in [6.45, 7) is -2.64. The zero-order valence-electron chi connectivity index (χ0n) is 10.8. The van der Waals surface area contributed by atoms with E-state index in [1.165, 1.54) is 12.4 Å². The SMILES string of the molecule is FC(F)n1ccnc1COc1ccc2ccccc2c1Br. The van der Waals surface area contributed by atoms with Gasteiger partial charge in [0.05, 0.1) is 4.47 Å². The molecule has 0 N–H and O–H groups in total. The van der Waals surface area contributed by atoms with Crippen LogP contribution in [0.5, 0.6) is 5.75 Å². The maximum Gasteiger partial charge on any atom is 0.320 e. The van der Waals surface area contributed by atoms with Gasteiger partial charge in [0.15, 0.2) is 5.82 Å². The Hall–Kier alpha value is -1.95. The zero-order chi connectivity index (χ0) is 14.8. The third kappa shape index (κ3) is 2.76. The van der Waals surface area contributed by atoms with Gasteiger partial charge in [-0.2, -0.15) is 8.78 Å². The van der Waals surface area contributed by atoms with E-state index in [-0.39, 0.29) is 12.4 Å². The second-order valence-corrected chi connectivity index (χ2v) is 5.21. The zero-order valence-corrected chi connectivity index (χ0v) is 12.4. The van der Waals surface area contributed by atoms with Gasteiger partial charge in [-0.15, -0.1) is 0 Å². The van der Waals surface area contributed by atoms with Crippen molar-refractivity contribution in [3.05, 3.63) is 59.1 Å². The molecular weight excluding hydrogens is 342 g/mol. The molecule has 0 aliphatic carbocycles. The fourth-order valence-corrected chi connectivity index (χ4v) is 2.71. The smallest absolute Gasteiger partial charge is 0.320 e. The van der Waals surface area contributed by atoms with Crippen molar-refractivity contribution >= 4 is 26.7 Å². The topological polar surface area (TPSA) is 27.1 Å². The van der Waals surface area contributed by atoms with Crippen LogP contribution in [-0.2, 0) is 6.61 Å². The summed E-state index contributed by atoms with van der Waals surface area (Å²) in [4.78, 5) is 3.89. The van der Waals surface area contributed by atoms with Crippen LogP contribution in [0.4, 0.5) is 8.78 Å². The molecule has 0 aliphatic rings. The number of nitrogens with zero attached hydrogens (tertiary/aromatic N) is 2. The first-order chi connectivity index (χ1) is 10.2. The molecule has 1 heterocycles. The van der Waals surface area contributed by atoms with Gasteiger partial charge in [0.1, 0.15) is 12.4 Å². The van der Waals surface area contributed by atoms with Crippen LogP contribution < -0.4 is 4.74 Å². The van der Waals surface area contributed by atoms with E-state index in [1.54, 1.807) is 0 Å². The van der Waals surface area contributed by atoms with Crippen LogP contribution >= 0.6 is 15.9 Å². The summed E-state index contributed by atoms with van der Waals surface area (Å²) in [6, 6.07) is 11.6. The predicted molar refractivity (Wildman–Crippen MR) is 79.5 cm³/mol. The van der Waals surface area contributed by atoms with E-state index in [9.17, 15) is 8.78 Å². The van der Waals surface area contributed by atoms with Crippen molar-refractivity contribution in [3.63, 3.8) is 0 Å². The summed E-state index contributed by atoms with van der Waals surface area (Å²) >= 11 is 3.49. The van der Waals surface area contributed by atoms with Crippen molar-refractivity contribution in [1.29, 1.82) is 0 Å². The molecule has 0 unspecified atom stereocenters. The molecule has 0 aliphatic heterocycles. The van der Waals surface area contributed by atoms with E-state index in [2.05, 4.69) is 20.9 Å². The van der Waals surface area contributed by atoms with E-state index in [1.807, 2.05) is 36.4 Å². The summed E-state index contributed by atoms with van der Waals surface area (Å²) in [6.07, 6.45) is 2.57. The molecule has 21 heavy (non-hydrogen) atoms.